The van der Waals surface area contributed by atoms with Crippen LogP contribution in [-0.4, -0.2) is 13.1 Å². The van der Waals surface area contributed by atoms with E-state index in [0.29, 0.717) is 13.1 Å². The Kier molecular flexibility index (Phi) is 7.10. The van der Waals surface area contributed by atoms with Crippen LogP contribution in [0.1, 0.15) is 6.92 Å². The maximum absolute atomic E-state index is 9.18. The first kappa shape index (κ1) is 14.7. The van der Waals surface area contributed by atoms with E-state index in [1.165, 1.54) is 14.7 Å². The highest BCUT2D eigenvalue weighted by atomic mass is 127. The van der Waals surface area contributed by atoms with Crippen molar-refractivity contribution in [2.24, 2.45) is 0 Å². The number of hydrogen-bond donors (Lipinski definition) is 0. The summed E-state index contributed by atoms with van der Waals surface area (Å²) in [5.74, 6) is 0. The molecule has 0 fully saturated rings. The smallest absolute Gasteiger partial charge is 0.293 e. The van der Waals surface area contributed by atoms with E-state index in [1.54, 1.807) is 6.92 Å². The lowest BCUT2D eigenvalue weighted by molar-refractivity contribution is -0.128. The minimum Gasteiger partial charge on any atom is -0.468 e. The van der Waals surface area contributed by atoms with Crippen LogP contribution in [0.3, 0.4) is 0 Å². The Hall–Kier alpha value is -1.36. The zero-order valence-corrected chi connectivity index (χ0v) is 12.3. The van der Waals surface area contributed by atoms with Crippen molar-refractivity contribution in [1.29, 1.82) is 0 Å². The molecule has 3 heteroatoms. The fourth-order valence-electron chi connectivity index (χ4n) is 1.38. The largest absolute Gasteiger partial charge is 0.468 e. The second-order valence-electron chi connectivity index (χ2n) is 3.40. The van der Waals surface area contributed by atoms with Gasteiger partial charge < -0.3 is 4.74 Å². The number of rotatable bonds is 3. The normalized spacial score (nSPS) is 9.00. The third-order valence-corrected chi connectivity index (χ3v) is 3.13. The number of benzene rings is 2. The molecule has 0 spiro atoms. The van der Waals surface area contributed by atoms with Crippen molar-refractivity contribution in [1.82, 2.24) is 0 Å². The van der Waals surface area contributed by atoms with E-state index in [2.05, 4.69) is 75.9 Å². The summed E-state index contributed by atoms with van der Waals surface area (Å²) in [7, 11) is 0. The van der Waals surface area contributed by atoms with Gasteiger partial charge >= 0.3 is 0 Å². The number of hydrogen-bond acceptors (Lipinski definition) is 2. The van der Waals surface area contributed by atoms with Crippen molar-refractivity contribution in [3.63, 3.8) is 0 Å². The summed E-state index contributed by atoms with van der Waals surface area (Å²) < 4.78 is 5.45. The summed E-state index contributed by atoms with van der Waals surface area (Å²) in [5.41, 5.74) is 2.59. The van der Waals surface area contributed by atoms with Crippen LogP contribution in [0.4, 0.5) is 0 Å². The van der Waals surface area contributed by atoms with Crippen molar-refractivity contribution in [3.8, 4) is 11.1 Å². The fourth-order valence-corrected chi connectivity index (χ4v) is 2.08. The van der Waals surface area contributed by atoms with E-state index >= 15 is 0 Å². The SMILES string of the molecule is CCOC=O.Ic1ccccc1-c1ccccc1. The predicted octanol–water partition coefficient (Wildman–Crippen LogP) is 4.14. The van der Waals surface area contributed by atoms with Crippen LogP contribution in [0.15, 0.2) is 54.6 Å². The Labute approximate surface area is 121 Å². The molecule has 0 atom stereocenters. The van der Waals surface area contributed by atoms with Gasteiger partial charge in [-0.15, -0.1) is 0 Å². The second kappa shape index (κ2) is 8.69. The van der Waals surface area contributed by atoms with E-state index in [-0.39, 0.29) is 0 Å². The first-order chi connectivity index (χ1) is 8.79. The molecule has 0 aliphatic carbocycles. The van der Waals surface area contributed by atoms with E-state index in [1.807, 2.05) is 6.07 Å². The van der Waals surface area contributed by atoms with Gasteiger partial charge in [-0.25, -0.2) is 0 Å². The van der Waals surface area contributed by atoms with Crippen molar-refractivity contribution < 1.29 is 9.53 Å². The van der Waals surface area contributed by atoms with Gasteiger partial charge in [0.25, 0.3) is 6.47 Å². The Bertz CT molecular complexity index is 469. The predicted molar refractivity (Wildman–Crippen MR) is 82.3 cm³/mol. The van der Waals surface area contributed by atoms with Crippen molar-refractivity contribution in [2.75, 3.05) is 6.61 Å². The first-order valence-corrected chi connectivity index (χ1v) is 6.72. The van der Waals surface area contributed by atoms with Crippen LogP contribution in [-0.2, 0) is 9.53 Å². The molecule has 2 aromatic rings. The van der Waals surface area contributed by atoms with Crippen molar-refractivity contribution >= 4 is 29.1 Å². The maximum Gasteiger partial charge on any atom is 0.293 e. The number of ether oxygens (including phenoxy) is 1. The third kappa shape index (κ3) is 4.87. The van der Waals surface area contributed by atoms with Crippen LogP contribution >= 0.6 is 22.6 Å². The number of halogens is 1. The van der Waals surface area contributed by atoms with Crippen LogP contribution in [0.25, 0.3) is 11.1 Å². The maximum atomic E-state index is 9.18. The van der Waals surface area contributed by atoms with Gasteiger partial charge in [0.2, 0.25) is 0 Å². The standard InChI is InChI=1S/C12H9I.C3H6O2/c13-12-9-5-4-8-11(12)10-6-2-1-3-7-10;1-2-5-3-4/h1-9H;3H,2H2,1H3. The minimum absolute atomic E-state index is 0.431. The van der Waals surface area contributed by atoms with Crippen LogP contribution in [0.5, 0.6) is 0 Å². The number of carbonyl (C=O) groups is 1. The van der Waals surface area contributed by atoms with Gasteiger partial charge in [0.1, 0.15) is 0 Å². The summed E-state index contributed by atoms with van der Waals surface area (Å²) in [6.45, 7) is 2.66. The van der Waals surface area contributed by atoms with Gasteiger partial charge in [0, 0.05) is 3.57 Å². The molecule has 0 aliphatic rings. The Balaban J connectivity index is 0.000000280. The lowest BCUT2D eigenvalue weighted by Gasteiger charge is -2.02. The summed E-state index contributed by atoms with van der Waals surface area (Å²) in [6, 6.07) is 18.9. The molecule has 2 aromatic carbocycles. The average molecular weight is 354 g/mol. The van der Waals surface area contributed by atoms with Crippen LogP contribution < -0.4 is 0 Å². The Morgan fingerprint density at radius 2 is 1.67 bits per heavy atom. The summed E-state index contributed by atoms with van der Waals surface area (Å²) >= 11 is 2.36. The lowest BCUT2D eigenvalue weighted by atomic mass is 10.1. The zero-order valence-electron chi connectivity index (χ0n) is 10.2. The van der Waals surface area contributed by atoms with Gasteiger partial charge in [0.15, 0.2) is 0 Å². The van der Waals surface area contributed by atoms with Crippen LogP contribution in [0.2, 0.25) is 0 Å². The number of carbonyl (C=O) groups excluding carboxylic acids is 1. The molecule has 0 N–H and O–H groups in total. The summed E-state index contributed by atoms with van der Waals surface area (Å²) in [4.78, 5) is 9.18. The molecular formula is C15H15IO2. The third-order valence-electron chi connectivity index (χ3n) is 2.19. The molecule has 18 heavy (non-hydrogen) atoms. The molecule has 94 valence electrons. The highest BCUT2D eigenvalue weighted by molar-refractivity contribution is 14.1. The zero-order chi connectivity index (χ0) is 13.2. The molecule has 0 amide bonds. The van der Waals surface area contributed by atoms with Crippen LogP contribution in [0, 0.1) is 3.57 Å². The Morgan fingerprint density at radius 3 is 2.17 bits per heavy atom. The van der Waals surface area contributed by atoms with Crippen molar-refractivity contribution in [2.45, 2.75) is 6.92 Å². The molecule has 0 radical (unpaired) electrons. The molecule has 0 bridgehead atoms. The topological polar surface area (TPSA) is 26.3 Å². The van der Waals surface area contributed by atoms with Gasteiger partial charge in [-0.2, -0.15) is 0 Å². The lowest BCUT2D eigenvalue weighted by Crippen LogP contribution is -1.80. The molecule has 0 aromatic heterocycles. The Morgan fingerprint density at radius 1 is 1.06 bits per heavy atom. The fraction of sp³-hybridized carbons (Fsp3) is 0.133. The molecule has 0 saturated carbocycles. The highest BCUT2D eigenvalue weighted by Gasteiger charge is 1.99. The molecule has 2 rings (SSSR count). The molecule has 0 saturated heterocycles. The van der Waals surface area contributed by atoms with Gasteiger partial charge in [-0.1, -0.05) is 48.5 Å². The summed E-state index contributed by atoms with van der Waals surface area (Å²) in [6.07, 6.45) is 0. The monoisotopic (exact) mass is 354 g/mol. The van der Waals surface area contributed by atoms with Crippen molar-refractivity contribution in [3.05, 3.63) is 58.2 Å². The summed E-state index contributed by atoms with van der Waals surface area (Å²) in [5, 5.41) is 0. The van der Waals surface area contributed by atoms with E-state index in [0.717, 1.165) is 0 Å². The van der Waals surface area contributed by atoms with Gasteiger partial charge in [-0.05, 0) is 46.7 Å². The minimum atomic E-state index is 0.431. The van der Waals surface area contributed by atoms with E-state index in [4.69, 9.17) is 0 Å². The quantitative estimate of drug-likeness (QED) is 0.612. The van der Waals surface area contributed by atoms with E-state index < -0.39 is 0 Å². The average Bonchev–Trinajstić information content (AvgIpc) is 2.42. The van der Waals surface area contributed by atoms with Gasteiger partial charge in [0.05, 0.1) is 6.61 Å². The molecule has 0 aliphatic heterocycles. The highest BCUT2D eigenvalue weighted by Crippen LogP contribution is 2.24. The molecule has 0 heterocycles. The molecular weight excluding hydrogens is 339 g/mol. The first-order valence-electron chi connectivity index (χ1n) is 5.64. The molecule has 2 nitrogen and oxygen atoms in total. The molecule has 0 unspecified atom stereocenters. The van der Waals surface area contributed by atoms with Gasteiger partial charge in [-0.3, -0.25) is 4.79 Å². The van der Waals surface area contributed by atoms with E-state index in [9.17, 15) is 4.79 Å². The second-order valence-corrected chi connectivity index (χ2v) is 4.56.